The molecular weight excluding hydrogens is 257 g/mol. The minimum atomic E-state index is -0.273. The van der Waals surface area contributed by atoms with Crippen molar-refractivity contribution >= 4 is 11.6 Å². The van der Waals surface area contributed by atoms with Gasteiger partial charge < -0.3 is 10.2 Å². The maximum Gasteiger partial charge on any atom is 0.227 e. The van der Waals surface area contributed by atoms with Crippen LogP contribution < -0.4 is 10.2 Å². The highest BCUT2D eigenvalue weighted by atomic mass is 19.1. The Morgan fingerprint density at radius 2 is 1.95 bits per heavy atom. The maximum absolute atomic E-state index is 13.4. The number of anilines is 1. The number of carbonyl (C=O) groups is 1. The molecule has 2 heterocycles. The average molecular weight is 277 g/mol. The molecule has 2 aliphatic rings. The first kappa shape index (κ1) is 13.5. The van der Waals surface area contributed by atoms with Crippen molar-refractivity contribution in [2.75, 3.05) is 44.2 Å². The first-order valence-electron chi connectivity index (χ1n) is 7.26. The second-order valence-electron chi connectivity index (χ2n) is 5.41. The summed E-state index contributed by atoms with van der Waals surface area (Å²) in [5.41, 5.74) is 1.84. The van der Waals surface area contributed by atoms with Crippen molar-refractivity contribution in [1.29, 1.82) is 0 Å². The molecule has 2 aliphatic heterocycles. The van der Waals surface area contributed by atoms with Gasteiger partial charge in [-0.2, -0.15) is 0 Å². The SMILES string of the molecule is O=C1CCc2ccc(F)cc2N1CCN1CCNCC1. The minimum Gasteiger partial charge on any atom is -0.314 e. The smallest absolute Gasteiger partial charge is 0.227 e. The highest BCUT2D eigenvalue weighted by molar-refractivity contribution is 5.96. The van der Waals surface area contributed by atoms with Gasteiger partial charge in [-0.25, -0.2) is 4.39 Å². The van der Waals surface area contributed by atoms with Gasteiger partial charge in [0.15, 0.2) is 0 Å². The molecular formula is C15H20FN3O. The lowest BCUT2D eigenvalue weighted by atomic mass is 10.0. The zero-order valence-electron chi connectivity index (χ0n) is 11.6. The number of carbonyl (C=O) groups excluding carboxylic acids is 1. The summed E-state index contributed by atoms with van der Waals surface area (Å²) in [5, 5.41) is 3.31. The van der Waals surface area contributed by atoms with Gasteiger partial charge in [-0.05, 0) is 24.1 Å². The van der Waals surface area contributed by atoms with Gasteiger partial charge in [-0.1, -0.05) is 6.07 Å². The number of nitrogens with one attached hydrogen (secondary N) is 1. The molecule has 0 aliphatic carbocycles. The molecule has 0 unspecified atom stereocenters. The third kappa shape index (κ3) is 2.83. The molecule has 0 saturated carbocycles. The molecule has 1 amide bonds. The zero-order valence-corrected chi connectivity index (χ0v) is 11.6. The highest BCUT2D eigenvalue weighted by Gasteiger charge is 2.25. The average Bonchev–Trinajstić information content (AvgIpc) is 2.47. The van der Waals surface area contributed by atoms with Gasteiger partial charge in [-0.15, -0.1) is 0 Å². The molecule has 1 N–H and O–H groups in total. The minimum absolute atomic E-state index is 0.109. The fourth-order valence-corrected chi connectivity index (χ4v) is 2.93. The van der Waals surface area contributed by atoms with Crippen LogP contribution in [0.1, 0.15) is 12.0 Å². The number of hydrogen-bond acceptors (Lipinski definition) is 3. The Bertz CT molecular complexity index is 500. The Hall–Kier alpha value is -1.46. The van der Waals surface area contributed by atoms with Crippen LogP contribution in [0, 0.1) is 5.82 Å². The van der Waals surface area contributed by atoms with E-state index in [1.807, 2.05) is 0 Å². The predicted molar refractivity (Wildman–Crippen MR) is 76.4 cm³/mol. The number of amides is 1. The molecule has 1 aromatic rings. The lowest BCUT2D eigenvalue weighted by Crippen LogP contribution is -2.47. The number of benzene rings is 1. The second-order valence-corrected chi connectivity index (χ2v) is 5.41. The van der Waals surface area contributed by atoms with E-state index in [0.717, 1.165) is 50.4 Å². The molecule has 1 aromatic carbocycles. The van der Waals surface area contributed by atoms with Gasteiger partial charge >= 0.3 is 0 Å². The van der Waals surface area contributed by atoms with Crippen LogP contribution in [0.3, 0.4) is 0 Å². The topological polar surface area (TPSA) is 35.6 Å². The Balaban J connectivity index is 1.71. The van der Waals surface area contributed by atoms with Gasteiger partial charge in [0.2, 0.25) is 5.91 Å². The van der Waals surface area contributed by atoms with Gasteiger partial charge in [0.1, 0.15) is 5.82 Å². The first-order chi connectivity index (χ1) is 9.74. The Kier molecular flexibility index (Phi) is 3.98. The first-order valence-corrected chi connectivity index (χ1v) is 7.26. The van der Waals surface area contributed by atoms with E-state index in [-0.39, 0.29) is 11.7 Å². The summed E-state index contributed by atoms with van der Waals surface area (Å²) in [6.07, 6.45) is 1.25. The Morgan fingerprint density at radius 1 is 1.15 bits per heavy atom. The molecule has 0 bridgehead atoms. The summed E-state index contributed by atoms with van der Waals surface area (Å²) in [5.74, 6) is -0.163. The van der Waals surface area contributed by atoms with Crippen molar-refractivity contribution in [3.63, 3.8) is 0 Å². The summed E-state index contributed by atoms with van der Waals surface area (Å²) in [7, 11) is 0. The second kappa shape index (κ2) is 5.89. The van der Waals surface area contributed by atoms with Gasteiger partial charge in [-0.3, -0.25) is 9.69 Å². The molecule has 0 atom stereocenters. The van der Waals surface area contributed by atoms with Crippen LogP contribution in [0.5, 0.6) is 0 Å². The van der Waals surface area contributed by atoms with E-state index in [1.165, 1.54) is 12.1 Å². The summed E-state index contributed by atoms with van der Waals surface area (Å²) in [6, 6.07) is 4.77. The molecule has 0 radical (unpaired) electrons. The molecule has 1 saturated heterocycles. The van der Waals surface area contributed by atoms with E-state index in [1.54, 1.807) is 11.0 Å². The van der Waals surface area contributed by atoms with Crippen LogP contribution in [0.25, 0.3) is 0 Å². The molecule has 4 nitrogen and oxygen atoms in total. The monoisotopic (exact) mass is 277 g/mol. The van der Waals surface area contributed by atoms with Crippen LogP contribution in [0.15, 0.2) is 18.2 Å². The molecule has 1 fully saturated rings. The summed E-state index contributed by atoms with van der Waals surface area (Å²) in [6.45, 7) is 5.52. The van der Waals surface area contributed by atoms with Crippen LogP contribution in [-0.4, -0.2) is 50.1 Å². The zero-order chi connectivity index (χ0) is 13.9. The van der Waals surface area contributed by atoms with Crippen LogP contribution in [-0.2, 0) is 11.2 Å². The van der Waals surface area contributed by atoms with Gasteiger partial charge in [0.05, 0.1) is 0 Å². The van der Waals surface area contributed by atoms with Gasteiger partial charge in [0, 0.05) is 51.4 Å². The number of halogens is 1. The van der Waals surface area contributed by atoms with Crippen molar-refractivity contribution < 1.29 is 9.18 Å². The van der Waals surface area contributed by atoms with E-state index >= 15 is 0 Å². The van der Waals surface area contributed by atoms with Crippen molar-refractivity contribution in [3.05, 3.63) is 29.6 Å². The van der Waals surface area contributed by atoms with Crippen molar-refractivity contribution in [1.82, 2.24) is 10.2 Å². The third-order valence-corrected chi connectivity index (χ3v) is 4.10. The lowest BCUT2D eigenvalue weighted by Gasteiger charge is -2.33. The maximum atomic E-state index is 13.4. The van der Waals surface area contributed by atoms with E-state index < -0.39 is 0 Å². The predicted octanol–water partition coefficient (Wildman–Crippen LogP) is 1.01. The molecule has 3 rings (SSSR count). The van der Waals surface area contributed by atoms with E-state index in [9.17, 15) is 9.18 Å². The fraction of sp³-hybridized carbons (Fsp3) is 0.533. The number of hydrogen-bond donors (Lipinski definition) is 1. The molecule has 20 heavy (non-hydrogen) atoms. The number of rotatable bonds is 3. The van der Waals surface area contributed by atoms with E-state index in [2.05, 4.69) is 10.2 Å². The summed E-state index contributed by atoms with van der Waals surface area (Å²) in [4.78, 5) is 16.2. The van der Waals surface area contributed by atoms with Crippen LogP contribution in [0.4, 0.5) is 10.1 Å². The van der Waals surface area contributed by atoms with E-state index in [0.29, 0.717) is 13.0 Å². The van der Waals surface area contributed by atoms with Crippen molar-refractivity contribution in [2.45, 2.75) is 12.8 Å². The molecule has 5 heteroatoms. The summed E-state index contributed by atoms with van der Waals surface area (Å²) < 4.78 is 13.4. The normalized spacial score (nSPS) is 20.1. The van der Waals surface area contributed by atoms with Crippen molar-refractivity contribution in [3.8, 4) is 0 Å². The quantitative estimate of drug-likeness (QED) is 0.895. The number of aryl methyl sites for hydroxylation is 1. The Labute approximate surface area is 118 Å². The molecule has 0 spiro atoms. The largest absolute Gasteiger partial charge is 0.314 e. The fourth-order valence-electron chi connectivity index (χ4n) is 2.93. The standard InChI is InChI=1S/C15H20FN3O/c16-13-3-1-12-2-4-15(20)19(14(12)11-13)10-9-18-7-5-17-6-8-18/h1,3,11,17H,2,4-10H2. The van der Waals surface area contributed by atoms with E-state index in [4.69, 9.17) is 0 Å². The number of nitrogens with zero attached hydrogens (tertiary/aromatic N) is 2. The van der Waals surface area contributed by atoms with Gasteiger partial charge in [0.25, 0.3) is 0 Å². The van der Waals surface area contributed by atoms with Crippen molar-refractivity contribution in [2.24, 2.45) is 0 Å². The van der Waals surface area contributed by atoms with Crippen LogP contribution in [0.2, 0.25) is 0 Å². The lowest BCUT2D eigenvalue weighted by molar-refractivity contribution is -0.118. The summed E-state index contributed by atoms with van der Waals surface area (Å²) >= 11 is 0. The number of fused-ring (bicyclic) bond motifs is 1. The highest BCUT2D eigenvalue weighted by Crippen LogP contribution is 2.28. The molecule has 108 valence electrons. The van der Waals surface area contributed by atoms with Crippen LogP contribution >= 0.6 is 0 Å². The molecule has 0 aromatic heterocycles. The number of piperazine rings is 1. The Morgan fingerprint density at radius 3 is 2.75 bits per heavy atom. The third-order valence-electron chi connectivity index (χ3n) is 4.10.